The maximum Gasteiger partial charge on any atom is 0.129 e. The van der Waals surface area contributed by atoms with E-state index in [0.717, 1.165) is 11.4 Å². The van der Waals surface area contributed by atoms with E-state index in [0.29, 0.717) is 11.6 Å². The third-order valence-electron chi connectivity index (χ3n) is 1.14. The molecule has 0 bridgehead atoms. The zero-order valence-corrected chi connectivity index (χ0v) is 7.12. The Morgan fingerprint density at radius 1 is 1.64 bits per heavy atom. The minimum Gasteiger partial charge on any atom is -0.401 e. The minimum absolute atomic E-state index is 0.210. The lowest BCUT2D eigenvalue weighted by Crippen LogP contribution is -2.27. The Hall–Kier alpha value is -0.740. The number of allylic oxidation sites excluding steroid dienone is 1. The number of aliphatic hydroxyl groups is 1. The normalized spacial score (nSPS) is 12.3. The Labute approximate surface area is 67.4 Å². The van der Waals surface area contributed by atoms with Crippen molar-refractivity contribution in [1.29, 1.82) is 0 Å². The highest BCUT2D eigenvalue weighted by molar-refractivity contribution is 4.94. The van der Waals surface area contributed by atoms with Crippen LogP contribution in [-0.2, 0) is 0 Å². The monoisotopic (exact) mass is 159 g/mol. The lowest BCUT2D eigenvalue weighted by molar-refractivity contribution is 0.152. The van der Waals surface area contributed by atoms with Crippen LogP contribution in [0.4, 0.5) is 0 Å². The third kappa shape index (κ3) is 5.69. The molecule has 66 valence electrons. The van der Waals surface area contributed by atoms with E-state index in [1.807, 2.05) is 0 Å². The van der Waals surface area contributed by atoms with E-state index < -0.39 is 0 Å². The number of aliphatic hydroxyl groups excluding tert-OH is 1. The number of hydrogen-bond donors (Lipinski definition) is 3. The summed E-state index contributed by atoms with van der Waals surface area (Å²) in [4.78, 5) is 0. The van der Waals surface area contributed by atoms with E-state index >= 15 is 0 Å². The van der Waals surface area contributed by atoms with Crippen LogP contribution < -0.4 is 11.6 Å². The van der Waals surface area contributed by atoms with Gasteiger partial charge in [0.25, 0.3) is 0 Å². The first kappa shape index (κ1) is 10.3. The van der Waals surface area contributed by atoms with Gasteiger partial charge in [0.2, 0.25) is 0 Å². The lowest BCUT2D eigenvalue weighted by Gasteiger charge is -2.11. The van der Waals surface area contributed by atoms with Gasteiger partial charge >= 0.3 is 0 Å². The summed E-state index contributed by atoms with van der Waals surface area (Å²) in [6.45, 7) is 3.93. The van der Waals surface area contributed by atoms with Gasteiger partial charge in [0, 0.05) is 11.9 Å². The predicted molar refractivity (Wildman–Crippen MR) is 44.8 cm³/mol. The molecule has 11 heavy (non-hydrogen) atoms. The van der Waals surface area contributed by atoms with Gasteiger partial charge in [-0.1, -0.05) is 13.8 Å². The summed E-state index contributed by atoms with van der Waals surface area (Å²) in [5.74, 6) is 5.79. The molecule has 0 saturated carbocycles. The molecule has 4 nitrogen and oxygen atoms in total. The summed E-state index contributed by atoms with van der Waals surface area (Å²) in [6.07, 6.45) is 2.34. The second kappa shape index (κ2) is 4.98. The van der Waals surface area contributed by atoms with Gasteiger partial charge in [0.1, 0.15) is 6.73 Å². The molecule has 4 heteroatoms. The van der Waals surface area contributed by atoms with Crippen molar-refractivity contribution in [2.45, 2.75) is 20.3 Å². The lowest BCUT2D eigenvalue weighted by atomic mass is 10.1. The SMILES string of the molecule is CC(C)C/C(N)=C/N(N)CO. The molecular weight excluding hydrogens is 142 g/mol. The molecular formula is C7H17N3O. The zero-order valence-electron chi connectivity index (χ0n) is 7.12. The number of nitrogens with two attached hydrogens (primary N) is 2. The van der Waals surface area contributed by atoms with Gasteiger partial charge in [-0.25, -0.2) is 5.84 Å². The van der Waals surface area contributed by atoms with E-state index in [1.54, 1.807) is 6.20 Å². The molecule has 0 aromatic heterocycles. The van der Waals surface area contributed by atoms with Crippen LogP contribution in [0.1, 0.15) is 20.3 Å². The summed E-state index contributed by atoms with van der Waals surface area (Å²) in [5, 5.41) is 9.67. The average molecular weight is 159 g/mol. The molecule has 0 unspecified atom stereocenters. The smallest absolute Gasteiger partial charge is 0.129 e. The molecule has 0 aliphatic carbocycles. The summed E-state index contributed by atoms with van der Waals surface area (Å²) in [7, 11) is 0. The highest BCUT2D eigenvalue weighted by Gasteiger charge is 1.97. The van der Waals surface area contributed by atoms with E-state index in [1.165, 1.54) is 0 Å². The number of nitrogens with zero attached hydrogens (tertiary/aromatic N) is 1. The zero-order chi connectivity index (χ0) is 8.85. The van der Waals surface area contributed by atoms with Gasteiger partial charge in [-0.15, -0.1) is 0 Å². The number of hydrazine groups is 1. The molecule has 0 aliphatic heterocycles. The van der Waals surface area contributed by atoms with Crippen LogP contribution >= 0.6 is 0 Å². The second-order valence-corrected chi connectivity index (χ2v) is 2.96. The molecule has 0 spiro atoms. The van der Waals surface area contributed by atoms with Crippen LogP contribution in [0.25, 0.3) is 0 Å². The standard InChI is InChI=1S/C7H17N3O/c1-6(2)3-7(8)4-10(9)5-11/h4,6,11H,3,5,8-9H2,1-2H3/b7-4-. The predicted octanol–water partition coefficient (Wildman–Crippen LogP) is -0.0419. The molecule has 5 N–H and O–H groups in total. The van der Waals surface area contributed by atoms with E-state index in [2.05, 4.69) is 13.8 Å². The third-order valence-corrected chi connectivity index (χ3v) is 1.14. The molecule has 0 amide bonds. The van der Waals surface area contributed by atoms with E-state index in [9.17, 15) is 0 Å². The summed E-state index contributed by atoms with van der Waals surface area (Å²) >= 11 is 0. The van der Waals surface area contributed by atoms with Gasteiger partial charge in [0.15, 0.2) is 0 Å². The van der Waals surface area contributed by atoms with Gasteiger partial charge in [-0.05, 0) is 12.3 Å². The molecule has 0 radical (unpaired) electrons. The average Bonchev–Trinajstić information content (AvgIpc) is 1.85. The van der Waals surface area contributed by atoms with Crippen LogP contribution in [0.3, 0.4) is 0 Å². The van der Waals surface area contributed by atoms with Crippen molar-refractivity contribution in [3.8, 4) is 0 Å². The van der Waals surface area contributed by atoms with Crippen molar-refractivity contribution in [2.24, 2.45) is 17.5 Å². The van der Waals surface area contributed by atoms with E-state index in [-0.39, 0.29) is 6.73 Å². The molecule has 0 aromatic carbocycles. The first-order chi connectivity index (χ1) is 5.06. The molecule has 0 saturated heterocycles. The highest BCUT2D eigenvalue weighted by atomic mass is 16.3. The van der Waals surface area contributed by atoms with Crippen LogP contribution in [0, 0.1) is 5.92 Å². The minimum atomic E-state index is -0.210. The summed E-state index contributed by atoms with van der Waals surface area (Å²) in [6, 6.07) is 0. The molecule has 0 rings (SSSR count). The van der Waals surface area contributed by atoms with Gasteiger partial charge in [-0.3, -0.25) is 5.01 Å². The van der Waals surface area contributed by atoms with Crippen molar-refractivity contribution in [1.82, 2.24) is 5.01 Å². The van der Waals surface area contributed by atoms with Crippen molar-refractivity contribution < 1.29 is 5.11 Å². The van der Waals surface area contributed by atoms with Crippen LogP contribution in [0.2, 0.25) is 0 Å². The molecule has 0 fully saturated rings. The first-order valence-corrected chi connectivity index (χ1v) is 3.64. The molecule has 0 aliphatic rings. The molecule has 0 heterocycles. The van der Waals surface area contributed by atoms with Crippen molar-refractivity contribution >= 4 is 0 Å². The number of rotatable bonds is 4. The van der Waals surface area contributed by atoms with Gasteiger partial charge in [-0.2, -0.15) is 0 Å². The fourth-order valence-electron chi connectivity index (χ4n) is 0.778. The Morgan fingerprint density at radius 3 is 2.55 bits per heavy atom. The largest absolute Gasteiger partial charge is 0.401 e. The van der Waals surface area contributed by atoms with Gasteiger partial charge < -0.3 is 10.8 Å². The fraction of sp³-hybridized carbons (Fsp3) is 0.714. The maximum absolute atomic E-state index is 8.52. The van der Waals surface area contributed by atoms with Crippen LogP contribution in [0.15, 0.2) is 11.9 Å². The van der Waals surface area contributed by atoms with Crippen LogP contribution in [0.5, 0.6) is 0 Å². The number of hydrogen-bond acceptors (Lipinski definition) is 4. The van der Waals surface area contributed by atoms with Crippen molar-refractivity contribution in [3.05, 3.63) is 11.9 Å². The van der Waals surface area contributed by atoms with Crippen LogP contribution in [-0.4, -0.2) is 16.8 Å². The molecule has 0 aromatic rings. The fourth-order valence-corrected chi connectivity index (χ4v) is 0.778. The highest BCUT2D eigenvalue weighted by Crippen LogP contribution is 2.04. The quantitative estimate of drug-likeness (QED) is 0.305. The van der Waals surface area contributed by atoms with Crippen molar-refractivity contribution in [2.75, 3.05) is 6.73 Å². The van der Waals surface area contributed by atoms with E-state index in [4.69, 9.17) is 16.7 Å². The Morgan fingerprint density at radius 2 is 2.18 bits per heavy atom. The van der Waals surface area contributed by atoms with Gasteiger partial charge in [0.05, 0.1) is 0 Å². The Balaban J connectivity index is 3.79. The second-order valence-electron chi connectivity index (χ2n) is 2.96. The molecule has 0 atom stereocenters. The first-order valence-electron chi connectivity index (χ1n) is 3.64. The maximum atomic E-state index is 8.52. The Kier molecular flexibility index (Phi) is 4.65. The summed E-state index contributed by atoms with van der Waals surface area (Å²) < 4.78 is 0. The summed E-state index contributed by atoms with van der Waals surface area (Å²) in [5.41, 5.74) is 6.27. The Bertz CT molecular complexity index is 134. The van der Waals surface area contributed by atoms with Crippen molar-refractivity contribution in [3.63, 3.8) is 0 Å². The topological polar surface area (TPSA) is 75.5 Å².